The van der Waals surface area contributed by atoms with Crippen molar-refractivity contribution in [1.29, 1.82) is 0 Å². The molecule has 1 aliphatic heterocycles. The Balaban J connectivity index is 0.000000256. The van der Waals surface area contributed by atoms with Gasteiger partial charge in [0.25, 0.3) is 5.91 Å². The molecule has 2 fully saturated rings. The molecule has 0 atom stereocenters. The Morgan fingerprint density at radius 3 is 2.50 bits per heavy atom. The summed E-state index contributed by atoms with van der Waals surface area (Å²) in [6.45, 7) is 7.89. The molecule has 1 amide bonds. The number of halogens is 3. The zero-order valence-electron chi connectivity index (χ0n) is 22.0. The molecule has 1 aliphatic carbocycles. The van der Waals surface area contributed by atoms with E-state index in [0.29, 0.717) is 0 Å². The predicted molar refractivity (Wildman–Crippen MR) is 167 cm³/mol. The Morgan fingerprint density at radius 1 is 1.00 bits per heavy atom. The number of hydrogen-bond acceptors (Lipinski definition) is 2. The fraction of sp³-hybridized carbons (Fsp3) is 0.433. The van der Waals surface area contributed by atoms with Gasteiger partial charge < -0.3 is 19.4 Å². The Morgan fingerprint density at radius 2 is 1.76 bits per heavy atom. The molecule has 38 heavy (non-hydrogen) atoms. The number of hydrogen-bond donors (Lipinski definition) is 1. The van der Waals surface area contributed by atoms with E-state index in [4.69, 9.17) is 0 Å². The molecule has 1 N–H and O–H groups in total. The predicted octanol–water partition coefficient (Wildman–Crippen LogP) is 8.11. The summed E-state index contributed by atoms with van der Waals surface area (Å²) in [6.07, 6.45) is 10.8. The number of H-pyrrole nitrogens is 1. The molecule has 0 spiro atoms. The molecule has 8 heteroatoms. The Labute approximate surface area is 248 Å². The molecule has 4 aromatic rings. The molecular weight excluding hydrogens is 628 g/mol. The van der Waals surface area contributed by atoms with Crippen LogP contribution in [0.4, 0.5) is 0 Å². The van der Waals surface area contributed by atoms with Crippen LogP contribution in [0, 0.1) is 5.92 Å². The first kappa shape index (κ1) is 29.2. The van der Waals surface area contributed by atoms with Gasteiger partial charge in [-0.05, 0) is 70.9 Å². The van der Waals surface area contributed by atoms with Crippen LogP contribution in [0.15, 0.2) is 63.8 Å². The number of aromatic amines is 1. The molecule has 2 aromatic carbocycles. The van der Waals surface area contributed by atoms with Crippen LogP contribution in [0.5, 0.6) is 0 Å². The van der Waals surface area contributed by atoms with E-state index in [-0.39, 0.29) is 18.3 Å². The third kappa shape index (κ3) is 6.67. The second-order valence-electron chi connectivity index (χ2n) is 10.3. The lowest BCUT2D eigenvalue weighted by Crippen LogP contribution is -2.48. The average molecular weight is 665 g/mol. The standard InChI is InChI=1S/C22H30BrN3O.C8H6BrN.ClH/c1-2-24-11-13-25(14-12-24)22(27)19-16-26(15-17-7-4-3-5-8-17)21-18(19)9-6-10-20(21)23;9-7-2-1-6-3-4-10-8(6)5-7;/h6,9-10,16-17H,2-5,7-8,11-15H2,1H3;1-5,10H;1H. The van der Waals surface area contributed by atoms with E-state index in [1.807, 2.05) is 23.2 Å². The largest absolute Gasteiger partial charge is 0.361 e. The van der Waals surface area contributed by atoms with Crippen molar-refractivity contribution < 1.29 is 4.79 Å². The average Bonchev–Trinajstić information content (AvgIpc) is 3.54. The summed E-state index contributed by atoms with van der Waals surface area (Å²) in [6, 6.07) is 14.5. The lowest BCUT2D eigenvalue weighted by molar-refractivity contribution is 0.0645. The number of amides is 1. The van der Waals surface area contributed by atoms with E-state index in [1.54, 1.807) is 0 Å². The maximum Gasteiger partial charge on any atom is 0.256 e. The highest BCUT2D eigenvalue weighted by Crippen LogP contribution is 2.32. The van der Waals surface area contributed by atoms with Gasteiger partial charge in [0.1, 0.15) is 0 Å². The zero-order valence-corrected chi connectivity index (χ0v) is 26.0. The number of piperazine rings is 1. The van der Waals surface area contributed by atoms with E-state index < -0.39 is 0 Å². The lowest BCUT2D eigenvalue weighted by atomic mass is 9.89. The molecule has 6 rings (SSSR count). The van der Waals surface area contributed by atoms with Gasteiger partial charge in [0.05, 0.1) is 11.1 Å². The fourth-order valence-electron chi connectivity index (χ4n) is 5.73. The summed E-state index contributed by atoms with van der Waals surface area (Å²) >= 11 is 7.13. The molecule has 1 saturated carbocycles. The number of benzene rings is 2. The molecule has 0 unspecified atom stereocenters. The van der Waals surface area contributed by atoms with Gasteiger partial charge in [0.2, 0.25) is 0 Å². The number of rotatable bonds is 4. The highest BCUT2D eigenvalue weighted by atomic mass is 79.9. The fourth-order valence-corrected chi connectivity index (χ4v) is 6.69. The van der Waals surface area contributed by atoms with Crippen molar-refractivity contribution in [2.24, 2.45) is 5.92 Å². The van der Waals surface area contributed by atoms with Crippen molar-refractivity contribution in [3.8, 4) is 0 Å². The minimum absolute atomic E-state index is 0. The Kier molecular flexibility index (Phi) is 10.4. The van der Waals surface area contributed by atoms with Gasteiger partial charge in [-0.1, -0.05) is 60.3 Å². The summed E-state index contributed by atoms with van der Waals surface area (Å²) in [5.74, 6) is 0.925. The van der Waals surface area contributed by atoms with E-state index >= 15 is 0 Å². The molecular formula is C30H37Br2ClN4O. The quantitative estimate of drug-likeness (QED) is 0.240. The second kappa shape index (κ2) is 13.5. The van der Waals surface area contributed by atoms with Crippen molar-refractivity contribution >= 4 is 72.0 Å². The Bertz CT molecular complexity index is 1350. The molecule has 3 heterocycles. The summed E-state index contributed by atoms with van der Waals surface area (Å²) in [5, 5.41) is 2.34. The van der Waals surface area contributed by atoms with Crippen LogP contribution in [0.2, 0.25) is 0 Å². The van der Waals surface area contributed by atoms with Crippen molar-refractivity contribution in [1.82, 2.24) is 19.4 Å². The topological polar surface area (TPSA) is 44.3 Å². The maximum atomic E-state index is 13.3. The number of nitrogens with zero attached hydrogens (tertiary/aromatic N) is 3. The first-order valence-corrected chi connectivity index (χ1v) is 15.1. The van der Waals surface area contributed by atoms with Crippen molar-refractivity contribution in [3.63, 3.8) is 0 Å². The SMILES string of the molecule is Brc1ccc2cc[nH]c2c1.CCN1CCN(C(=O)c2cn(CC3CCCCC3)c3c(Br)cccc23)CC1.Cl. The molecule has 1 saturated heterocycles. The van der Waals surface area contributed by atoms with Crippen LogP contribution in [0.3, 0.4) is 0 Å². The van der Waals surface area contributed by atoms with Gasteiger partial charge in [-0.25, -0.2) is 0 Å². The molecule has 2 aliphatic rings. The summed E-state index contributed by atoms with van der Waals surface area (Å²) < 4.78 is 4.54. The van der Waals surface area contributed by atoms with Crippen LogP contribution >= 0.6 is 44.3 Å². The molecule has 0 radical (unpaired) electrons. The van der Waals surface area contributed by atoms with Gasteiger partial charge in [0.15, 0.2) is 0 Å². The number of carbonyl (C=O) groups is 1. The van der Waals surface area contributed by atoms with Crippen LogP contribution < -0.4 is 0 Å². The molecule has 0 bridgehead atoms. The second-order valence-corrected chi connectivity index (χ2v) is 12.0. The van der Waals surface area contributed by atoms with E-state index in [2.05, 4.69) is 89.8 Å². The summed E-state index contributed by atoms with van der Waals surface area (Å²) in [7, 11) is 0. The van der Waals surface area contributed by atoms with Crippen LogP contribution in [-0.2, 0) is 6.54 Å². The first-order chi connectivity index (χ1) is 18.0. The summed E-state index contributed by atoms with van der Waals surface area (Å²) in [5.41, 5.74) is 3.22. The zero-order chi connectivity index (χ0) is 25.8. The van der Waals surface area contributed by atoms with Gasteiger partial charge in [-0.2, -0.15) is 0 Å². The lowest BCUT2D eigenvalue weighted by Gasteiger charge is -2.34. The van der Waals surface area contributed by atoms with Crippen LogP contribution in [-0.4, -0.2) is 58.0 Å². The van der Waals surface area contributed by atoms with Crippen molar-refractivity contribution in [2.75, 3.05) is 32.7 Å². The summed E-state index contributed by atoms with van der Waals surface area (Å²) in [4.78, 5) is 20.9. The highest BCUT2D eigenvalue weighted by Gasteiger charge is 2.26. The number of fused-ring (bicyclic) bond motifs is 2. The van der Waals surface area contributed by atoms with E-state index in [9.17, 15) is 4.79 Å². The third-order valence-electron chi connectivity index (χ3n) is 7.88. The third-order valence-corrected chi connectivity index (χ3v) is 9.02. The molecule has 2 aromatic heterocycles. The molecule has 5 nitrogen and oxygen atoms in total. The Hall–Kier alpha value is -1.80. The van der Waals surface area contributed by atoms with Gasteiger partial charge in [0, 0.05) is 65.0 Å². The number of likely N-dealkylation sites (N-methyl/N-ethyl adjacent to an activating group) is 1. The number of carbonyl (C=O) groups excluding carboxylic acids is 1. The minimum atomic E-state index is 0. The van der Waals surface area contributed by atoms with Crippen LogP contribution in [0.25, 0.3) is 21.8 Å². The maximum absolute atomic E-state index is 13.3. The van der Waals surface area contributed by atoms with Gasteiger partial charge in [-0.3, -0.25) is 4.79 Å². The first-order valence-electron chi connectivity index (χ1n) is 13.5. The minimum Gasteiger partial charge on any atom is -0.361 e. The van der Waals surface area contributed by atoms with E-state index in [0.717, 1.165) is 65.1 Å². The van der Waals surface area contributed by atoms with Crippen LogP contribution in [0.1, 0.15) is 49.4 Å². The van der Waals surface area contributed by atoms with E-state index in [1.165, 1.54) is 48.5 Å². The van der Waals surface area contributed by atoms with Gasteiger partial charge in [-0.15, -0.1) is 12.4 Å². The number of nitrogens with one attached hydrogen (secondary N) is 1. The number of para-hydroxylation sites is 1. The number of aromatic nitrogens is 2. The van der Waals surface area contributed by atoms with Gasteiger partial charge >= 0.3 is 0 Å². The normalized spacial score (nSPS) is 16.8. The highest BCUT2D eigenvalue weighted by molar-refractivity contribution is 9.11. The monoisotopic (exact) mass is 662 g/mol. The van der Waals surface area contributed by atoms with Crippen molar-refractivity contribution in [3.05, 3.63) is 69.4 Å². The smallest absolute Gasteiger partial charge is 0.256 e. The molecule has 204 valence electrons. The van der Waals surface area contributed by atoms with Crippen molar-refractivity contribution in [2.45, 2.75) is 45.6 Å².